The number of hydrogen-bond acceptors (Lipinski definition) is 5. The van der Waals surface area contributed by atoms with Gasteiger partial charge in [0.1, 0.15) is 4.21 Å². The molecule has 2 N–H and O–H groups in total. The van der Waals surface area contributed by atoms with Crippen LogP contribution in [0, 0.1) is 0 Å². The third-order valence-corrected chi connectivity index (χ3v) is 5.96. The van der Waals surface area contributed by atoms with Crippen LogP contribution in [-0.4, -0.2) is 20.1 Å². The maximum Gasteiger partial charge on any atom is 0.250 e. The number of sulfonamides is 1. The van der Waals surface area contributed by atoms with Crippen molar-refractivity contribution in [2.24, 2.45) is 0 Å². The van der Waals surface area contributed by atoms with Crippen LogP contribution >= 0.6 is 22.7 Å². The molecule has 0 aromatic carbocycles. The van der Waals surface area contributed by atoms with Crippen molar-refractivity contribution in [2.45, 2.75) is 16.7 Å². The Morgan fingerprint density at radius 2 is 2.17 bits per heavy atom. The molecule has 0 aliphatic rings. The van der Waals surface area contributed by atoms with Crippen molar-refractivity contribution in [3.8, 4) is 0 Å². The van der Waals surface area contributed by atoms with Crippen molar-refractivity contribution >= 4 is 32.7 Å². The molecule has 0 aliphatic carbocycles. The third kappa shape index (κ3) is 3.39. The van der Waals surface area contributed by atoms with Crippen molar-refractivity contribution < 1.29 is 13.5 Å². The zero-order valence-corrected chi connectivity index (χ0v) is 11.9. The molecule has 98 valence electrons. The normalized spacial score (nSPS) is 13.6. The first-order chi connectivity index (χ1) is 8.59. The fourth-order valence-electron chi connectivity index (χ4n) is 1.45. The molecule has 0 aliphatic heterocycles. The first-order valence-electron chi connectivity index (χ1n) is 5.33. The molecular formula is C11H13NO3S3. The molecule has 2 aromatic rings. The first-order valence-corrected chi connectivity index (χ1v) is 8.63. The predicted octanol–water partition coefficient (Wildman–Crippen LogP) is 2.21. The number of rotatable bonds is 6. The molecule has 2 rings (SSSR count). The Bertz CT molecular complexity index is 561. The smallest absolute Gasteiger partial charge is 0.250 e. The van der Waals surface area contributed by atoms with E-state index in [2.05, 4.69) is 4.72 Å². The fraction of sp³-hybridized carbons (Fsp3) is 0.273. The van der Waals surface area contributed by atoms with Gasteiger partial charge in [0.2, 0.25) is 10.0 Å². The second-order valence-corrected chi connectivity index (χ2v) is 7.41. The van der Waals surface area contributed by atoms with Crippen LogP contribution in [0.3, 0.4) is 0 Å². The maximum atomic E-state index is 11.8. The van der Waals surface area contributed by atoms with Crippen molar-refractivity contribution in [3.05, 3.63) is 39.9 Å². The molecule has 7 heteroatoms. The van der Waals surface area contributed by atoms with Gasteiger partial charge in [-0.25, -0.2) is 13.1 Å². The summed E-state index contributed by atoms with van der Waals surface area (Å²) < 4.78 is 26.3. The van der Waals surface area contributed by atoms with E-state index < -0.39 is 16.1 Å². The van der Waals surface area contributed by atoms with E-state index in [4.69, 9.17) is 0 Å². The van der Waals surface area contributed by atoms with Gasteiger partial charge in [-0.1, -0.05) is 6.07 Å². The first kappa shape index (κ1) is 13.7. The van der Waals surface area contributed by atoms with E-state index >= 15 is 0 Å². The van der Waals surface area contributed by atoms with E-state index in [1.807, 2.05) is 16.8 Å². The lowest BCUT2D eigenvalue weighted by Crippen LogP contribution is -2.25. The number of aliphatic hydroxyl groups is 1. The van der Waals surface area contributed by atoms with Gasteiger partial charge in [-0.2, -0.15) is 11.3 Å². The van der Waals surface area contributed by atoms with Crippen LogP contribution in [0.15, 0.2) is 38.5 Å². The standard InChI is InChI=1S/C11H13NO3S3/c13-10(9-4-7-16-8-9)3-5-12-18(14,15)11-2-1-6-17-11/h1-2,4,6-8,10,12-13H,3,5H2/t10-/m1/s1. The fourth-order valence-corrected chi connectivity index (χ4v) is 4.24. The summed E-state index contributed by atoms with van der Waals surface area (Å²) in [5.74, 6) is 0. The minimum absolute atomic E-state index is 0.219. The lowest BCUT2D eigenvalue weighted by Gasteiger charge is -2.09. The average Bonchev–Trinajstić information content (AvgIpc) is 3.02. The molecule has 0 saturated carbocycles. The van der Waals surface area contributed by atoms with Gasteiger partial charge in [-0.05, 0) is 40.3 Å². The van der Waals surface area contributed by atoms with Crippen LogP contribution in [0.2, 0.25) is 0 Å². The minimum Gasteiger partial charge on any atom is -0.388 e. The largest absolute Gasteiger partial charge is 0.388 e. The molecular weight excluding hydrogens is 290 g/mol. The van der Waals surface area contributed by atoms with Gasteiger partial charge in [0.15, 0.2) is 0 Å². The Labute approximate surface area is 114 Å². The number of hydrogen-bond donors (Lipinski definition) is 2. The molecule has 0 fully saturated rings. The molecule has 0 bridgehead atoms. The topological polar surface area (TPSA) is 66.4 Å². The average molecular weight is 303 g/mol. The van der Waals surface area contributed by atoms with Crippen molar-refractivity contribution in [3.63, 3.8) is 0 Å². The molecule has 0 saturated heterocycles. The zero-order valence-electron chi connectivity index (χ0n) is 9.44. The van der Waals surface area contributed by atoms with Gasteiger partial charge in [0.05, 0.1) is 6.10 Å². The molecule has 0 spiro atoms. The Hall–Kier alpha value is -0.730. The van der Waals surface area contributed by atoms with Gasteiger partial charge < -0.3 is 5.11 Å². The lowest BCUT2D eigenvalue weighted by molar-refractivity contribution is 0.169. The van der Waals surface area contributed by atoms with Gasteiger partial charge in [-0.3, -0.25) is 0 Å². The van der Waals surface area contributed by atoms with Gasteiger partial charge in [0, 0.05) is 6.54 Å². The highest BCUT2D eigenvalue weighted by molar-refractivity contribution is 7.91. The Morgan fingerprint density at radius 3 is 2.78 bits per heavy atom. The summed E-state index contributed by atoms with van der Waals surface area (Å²) in [4.78, 5) is 0. The van der Waals surface area contributed by atoms with E-state index in [9.17, 15) is 13.5 Å². The Balaban J connectivity index is 1.86. The Morgan fingerprint density at radius 1 is 1.33 bits per heavy atom. The van der Waals surface area contributed by atoms with Crippen LogP contribution in [0.5, 0.6) is 0 Å². The molecule has 2 aromatic heterocycles. The molecule has 18 heavy (non-hydrogen) atoms. The predicted molar refractivity (Wildman–Crippen MR) is 73.4 cm³/mol. The van der Waals surface area contributed by atoms with Gasteiger partial charge in [-0.15, -0.1) is 11.3 Å². The summed E-state index contributed by atoms with van der Waals surface area (Å²) in [6, 6.07) is 5.09. The third-order valence-electron chi connectivity index (χ3n) is 2.40. The summed E-state index contributed by atoms with van der Waals surface area (Å²) in [5, 5.41) is 15.3. The van der Waals surface area contributed by atoms with E-state index in [0.29, 0.717) is 10.6 Å². The number of nitrogens with one attached hydrogen (secondary N) is 1. The molecule has 1 atom stereocenters. The monoisotopic (exact) mass is 303 g/mol. The van der Waals surface area contributed by atoms with Crippen LogP contribution in [-0.2, 0) is 10.0 Å². The molecule has 0 radical (unpaired) electrons. The van der Waals surface area contributed by atoms with Crippen LogP contribution < -0.4 is 4.72 Å². The van der Waals surface area contributed by atoms with E-state index in [0.717, 1.165) is 5.56 Å². The molecule has 4 nitrogen and oxygen atoms in total. The summed E-state index contributed by atoms with van der Waals surface area (Å²) in [6.45, 7) is 0.219. The van der Waals surface area contributed by atoms with Crippen molar-refractivity contribution in [2.75, 3.05) is 6.54 Å². The summed E-state index contributed by atoms with van der Waals surface area (Å²) in [6.07, 6.45) is -0.260. The summed E-state index contributed by atoms with van der Waals surface area (Å²) in [7, 11) is -3.42. The van der Waals surface area contributed by atoms with E-state index in [1.165, 1.54) is 22.7 Å². The summed E-state index contributed by atoms with van der Waals surface area (Å²) in [5.41, 5.74) is 0.829. The van der Waals surface area contributed by atoms with Gasteiger partial charge in [0.25, 0.3) is 0 Å². The van der Waals surface area contributed by atoms with Crippen LogP contribution in [0.25, 0.3) is 0 Å². The van der Waals surface area contributed by atoms with Crippen LogP contribution in [0.1, 0.15) is 18.1 Å². The zero-order chi connectivity index (χ0) is 13.0. The number of thiophene rings is 2. The highest BCUT2D eigenvalue weighted by Crippen LogP contribution is 2.19. The quantitative estimate of drug-likeness (QED) is 0.860. The SMILES string of the molecule is O=S(=O)(NCC[C@@H](O)c1ccsc1)c1cccs1. The van der Waals surface area contributed by atoms with Gasteiger partial charge >= 0.3 is 0 Å². The Kier molecular flexibility index (Phi) is 4.52. The lowest BCUT2D eigenvalue weighted by atomic mass is 10.1. The van der Waals surface area contributed by atoms with E-state index in [1.54, 1.807) is 17.5 Å². The molecule has 2 heterocycles. The molecule has 0 amide bonds. The second kappa shape index (κ2) is 5.94. The van der Waals surface area contributed by atoms with Crippen LogP contribution in [0.4, 0.5) is 0 Å². The maximum absolute atomic E-state index is 11.8. The highest BCUT2D eigenvalue weighted by Gasteiger charge is 2.15. The second-order valence-electron chi connectivity index (χ2n) is 3.69. The number of aliphatic hydroxyl groups excluding tert-OH is 1. The van der Waals surface area contributed by atoms with Crippen molar-refractivity contribution in [1.29, 1.82) is 0 Å². The van der Waals surface area contributed by atoms with Crippen molar-refractivity contribution in [1.82, 2.24) is 4.72 Å². The summed E-state index contributed by atoms with van der Waals surface area (Å²) >= 11 is 2.68. The van der Waals surface area contributed by atoms with E-state index in [-0.39, 0.29) is 6.54 Å². The molecule has 0 unspecified atom stereocenters. The highest BCUT2D eigenvalue weighted by atomic mass is 32.2. The minimum atomic E-state index is -3.42.